The Labute approximate surface area is 75.9 Å². The molecule has 2 unspecified atom stereocenters. The summed E-state index contributed by atoms with van der Waals surface area (Å²) in [7, 11) is 1.72. The summed E-state index contributed by atoms with van der Waals surface area (Å²) in [5.41, 5.74) is 0.157. The zero-order valence-electron chi connectivity index (χ0n) is 8.92. The number of hydrogen-bond donors (Lipinski definition) is 1. The lowest BCUT2D eigenvalue weighted by atomic mass is 9.76. The van der Waals surface area contributed by atoms with Gasteiger partial charge in [-0.15, -0.1) is 0 Å². The summed E-state index contributed by atoms with van der Waals surface area (Å²) in [5.74, 6) is 0.483. The molecule has 0 aromatic heterocycles. The minimum atomic E-state index is -0.223. The van der Waals surface area contributed by atoms with Crippen molar-refractivity contribution in [1.29, 1.82) is 0 Å². The third-order valence-corrected chi connectivity index (χ3v) is 2.57. The van der Waals surface area contributed by atoms with Gasteiger partial charge in [-0.1, -0.05) is 20.8 Å². The Bertz CT molecular complexity index is 119. The lowest BCUT2D eigenvalue weighted by Gasteiger charge is -2.32. The summed E-state index contributed by atoms with van der Waals surface area (Å²) in [6.07, 6.45) is 0.608. The van der Waals surface area contributed by atoms with E-state index in [-0.39, 0.29) is 11.5 Å². The second-order valence-corrected chi connectivity index (χ2v) is 4.40. The van der Waals surface area contributed by atoms with Gasteiger partial charge in [0.15, 0.2) is 0 Å². The summed E-state index contributed by atoms with van der Waals surface area (Å²) in [6, 6.07) is 0. The van der Waals surface area contributed by atoms with E-state index in [1.807, 2.05) is 6.92 Å². The van der Waals surface area contributed by atoms with Gasteiger partial charge in [0.1, 0.15) is 0 Å². The second kappa shape index (κ2) is 4.83. The SMILES string of the molecule is COCC(C)C(C)(C)CC(C)O. The van der Waals surface area contributed by atoms with Crippen LogP contribution < -0.4 is 0 Å². The summed E-state index contributed by atoms with van der Waals surface area (Å²) in [5, 5.41) is 9.26. The van der Waals surface area contributed by atoms with Crippen molar-refractivity contribution in [3.05, 3.63) is 0 Å². The molecule has 1 N–H and O–H groups in total. The van der Waals surface area contributed by atoms with Crippen LogP contribution in [0.3, 0.4) is 0 Å². The van der Waals surface area contributed by atoms with Gasteiger partial charge in [0.25, 0.3) is 0 Å². The van der Waals surface area contributed by atoms with Gasteiger partial charge in [-0.3, -0.25) is 0 Å². The topological polar surface area (TPSA) is 29.5 Å². The zero-order chi connectivity index (χ0) is 9.78. The van der Waals surface area contributed by atoms with Gasteiger partial charge < -0.3 is 9.84 Å². The van der Waals surface area contributed by atoms with Crippen LogP contribution >= 0.6 is 0 Å². The molecule has 0 aliphatic heterocycles. The first-order valence-electron chi connectivity index (χ1n) is 4.57. The van der Waals surface area contributed by atoms with E-state index in [1.165, 1.54) is 0 Å². The van der Waals surface area contributed by atoms with Crippen molar-refractivity contribution in [1.82, 2.24) is 0 Å². The minimum Gasteiger partial charge on any atom is -0.393 e. The summed E-state index contributed by atoms with van der Waals surface area (Å²) in [4.78, 5) is 0. The van der Waals surface area contributed by atoms with Gasteiger partial charge in [0.2, 0.25) is 0 Å². The average Bonchev–Trinajstić information content (AvgIpc) is 1.85. The Morgan fingerprint density at radius 1 is 1.33 bits per heavy atom. The molecule has 12 heavy (non-hydrogen) atoms. The number of hydrogen-bond acceptors (Lipinski definition) is 2. The maximum absolute atomic E-state index is 9.26. The Kier molecular flexibility index (Phi) is 4.80. The molecular weight excluding hydrogens is 152 g/mol. The molecule has 0 heterocycles. The Morgan fingerprint density at radius 3 is 2.17 bits per heavy atom. The van der Waals surface area contributed by atoms with Crippen molar-refractivity contribution in [3.8, 4) is 0 Å². The quantitative estimate of drug-likeness (QED) is 0.691. The molecule has 0 aliphatic carbocycles. The van der Waals surface area contributed by atoms with Crippen LogP contribution in [0.2, 0.25) is 0 Å². The van der Waals surface area contributed by atoms with Crippen molar-refractivity contribution in [2.75, 3.05) is 13.7 Å². The summed E-state index contributed by atoms with van der Waals surface area (Å²) in [6.45, 7) is 9.10. The number of methoxy groups -OCH3 is 1. The number of aliphatic hydroxyl groups is 1. The largest absolute Gasteiger partial charge is 0.393 e. The Balaban J connectivity index is 3.99. The molecule has 74 valence electrons. The number of rotatable bonds is 5. The minimum absolute atomic E-state index is 0.157. The van der Waals surface area contributed by atoms with Gasteiger partial charge in [0.05, 0.1) is 6.10 Å². The van der Waals surface area contributed by atoms with Crippen molar-refractivity contribution in [3.63, 3.8) is 0 Å². The normalized spacial score (nSPS) is 17.5. The van der Waals surface area contributed by atoms with Crippen LogP contribution in [0.5, 0.6) is 0 Å². The number of aliphatic hydroxyl groups excluding tert-OH is 1. The standard InChI is InChI=1S/C10H22O2/c1-8(7-12-5)10(3,4)6-9(2)11/h8-9,11H,6-7H2,1-5H3. The molecule has 2 nitrogen and oxygen atoms in total. The highest BCUT2D eigenvalue weighted by molar-refractivity contribution is 4.76. The van der Waals surface area contributed by atoms with Crippen LogP contribution in [0, 0.1) is 11.3 Å². The second-order valence-electron chi connectivity index (χ2n) is 4.40. The van der Waals surface area contributed by atoms with E-state index in [9.17, 15) is 5.11 Å². The maximum atomic E-state index is 9.26. The van der Waals surface area contributed by atoms with E-state index in [0.717, 1.165) is 13.0 Å². The summed E-state index contributed by atoms with van der Waals surface area (Å²) >= 11 is 0. The van der Waals surface area contributed by atoms with E-state index in [0.29, 0.717) is 5.92 Å². The molecular formula is C10H22O2. The fraction of sp³-hybridized carbons (Fsp3) is 1.00. The number of ether oxygens (including phenoxy) is 1. The van der Waals surface area contributed by atoms with E-state index in [2.05, 4.69) is 20.8 Å². The van der Waals surface area contributed by atoms with Crippen LogP contribution in [0.15, 0.2) is 0 Å². The monoisotopic (exact) mass is 174 g/mol. The molecule has 0 saturated heterocycles. The molecule has 0 amide bonds. The molecule has 2 heteroatoms. The molecule has 0 spiro atoms. The van der Waals surface area contributed by atoms with Crippen LogP contribution in [-0.4, -0.2) is 24.9 Å². The third kappa shape index (κ3) is 4.07. The molecule has 0 aromatic carbocycles. The predicted molar refractivity (Wildman–Crippen MR) is 51.1 cm³/mol. The highest BCUT2D eigenvalue weighted by Gasteiger charge is 2.26. The van der Waals surface area contributed by atoms with Crippen molar-refractivity contribution in [2.24, 2.45) is 11.3 Å². The van der Waals surface area contributed by atoms with Gasteiger partial charge in [-0.05, 0) is 24.7 Å². The van der Waals surface area contributed by atoms with Gasteiger partial charge in [-0.2, -0.15) is 0 Å². The summed E-state index contributed by atoms with van der Waals surface area (Å²) < 4.78 is 5.09. The molecule has 0 rings (SSSR count). The van der Waals surface area contributed by atoms with Crippen molar-refractivity contribution in [2.45, 2.75) is 40.2 Å². The van der Waals surface area contributed by atoms with E-state index < -0.39 is 0 Å². The third-order valence-electron chi connectivity index (χ3n) is 2.57. The van der Waals surface area contributed by atoms with Crippen molar-refractivity contribution < 1.29 is 9.84 Å². The van der Waals surface area contributed by atoms with Crippen molar-refractivity contribution >= 4 is 0 Å². The van der Waals surface area contributed by atoms with Gasteiger partial charge >= 0.3 is 0 Å². The first kappa shape index (κ1) is 11.9. The molecule has 0 radical (unpaired) electrons. The average molecular weight is 174 g/mol. The van der Waals surface area contributed by atoms with Gasteiger partial charge in [0, 0.05) is 13.7 Å². The molecule has 0 bridgehead atoms. The molecule has 0 saturated carbocycles. The Hall–Kier alpha value is -0.0800. The highest BCUT2D eigenvalue weighted by Crippen LogP contribution is 2.31. The van der Waals surface area contributed by atoms with E-state index in [4.69, 9.17) is 4.74 Å². The van der Waals surface area contributed by atoms with Crippen LogP contribution in [0.25, 0.3) is 0 Å². The lowest BCUT2D eigenvalue weighted by Crippen LogP contribution is -2.28. The highest BCUT2D eigenvalue weighted by atomic mass is 16.5. The lowest BCUT2D eigenvalue weighted by molar-refractivity contribution is 0.0504. The fourth-order valence-corrected chi connectivity index (χ4v) is 1.44. The molecule has 0 fully saturated rings. The van der Waals surface area contributed by atoms with E-state index >= 15 is 0 Å². The van der Waals surface area contributed by atoms with Crippen LogP contribution in [-0.2, 0) is 4.74 Å². The predicted octanol–water partition coefficient (Wildman–Crippen LogP) is 2.07. The zero-order valence-corrected chi connectivity index (χ0v) is 8.92. The van der Waals surface area contributed by atoms with E-state index in [1.54, 1.807) is 7.11 Å². The van der Waals surface area contributed by atoms with Crippen LogP contribution in [0.1, 0.15) is 34.1 Å². The molecule has 0 aromatic rings. The maximum Gasteiger partial charge on any atom is 0.0517 e. The first-order chi connectivity index (χ1) is 5.40. The molecule has 0 aliphatic rings. The first-order valence-corrected chi connectivity index (χ1v) is 4.57. The smallest absolute Gasteiger partial charge is 0.0517 e. The van der Waals surface area contributed by atoms with Gasteiger partial charge in [-0.25, -0.2) is 0 Å². The van der Waals surface area contributed by atoms with Crippen LogP contribution in [0.4, 0.5) is 0 Å². The Morgan fingerprint density at radius 2 is 1.83 bits per heavy atom. The molecule has 2 atom stereocenters. The fourth-order valence-electron chi connectivity index (χ4n) is 1.44.